The summed E-state index contributed by atoms with van der Waals surface area (Å²) >= 11 is 0. The standard InChI is InChI=1S/C25H37N3O6/c1-10-19(18-14-26-20-12-11-16(32-9)13-17(18)20)25(8,15-29)28(22(31)34-24(5,6)7)27-21(30)33-23(2,3)4/h11-15,19,26H,10H2,1-9H3,(H,27,30)/t19-,25-/m1/s1. The third-order valence-electron chi connectivity index (χ3n) is 5.31. The Kier molecular flexibility index (Phi) is 7.90. The molecule has 1 aromatic carbocycles. The van der Waals surface area contributed by atoms with Crippen molar-refractivity contribution >= 4 is 29.4 Å². The van der Waals surface area contributed by atoms with Crippen molar-refractivity contribution in [2.75, 3.05) is 7.11 Å². The van der Waals surface area contributed by atoms with Gasteiger partial charge in [0.1, 0.15) is 28.8 Å². The Labute approximate surface area is 201 Å². The van der Waals surface area contributed by atoms with E-state index in [1.807, 2.05) is 25.1 Å². The number of ether oxygens (including phenoxy) is 3. The first kappa shape index (κ1) is 27.0. The van der Waals surface area contributed by atoms with Crippen molar-refractivity contribution in [2.24, 2.45) is 0 Å². The highest BCUT2D eigenvalue weighted by molar-refractivity contribution is 5.87. The summed E-state index contributed by atoms with van der Waals surface area (Å²) in [6.45, 7) is 13.7. The second-order valence-corrected chi connectivity index (χ2v) is 10.4. The number of aromatic nitrogens is 1. The number of methoxy groups -OCH3 is 1. The average molecular weight is 476 g/mol. The number of carbonyl (C=O) groups excluding carboxylic acids is 3. The maximum Gasteiger partial charge on any atom is 0.430 e. The number of H-pyrrole nitrogens is 1. The molecule has 0 saturated carbocycles. The Morgan fingerprint density at radius 3 is 2.21 bits per heavy atom. The van der Waals surface area contributed by atoms with Crippen LogP contribution in [0.25, 0.3) is 10.9 Å². The topological polar surface area (TPSA) is 110 Å². The van der Waals surface area contributed by atoms with Gasteiger partial charge >= 0.3 is 12.2 Å². The third kappa shape index (κ3) is 6.21. The second kappa shape index (κ2) is 9.95. The quantitative estimate of drug-likeness (QED) is 0.433. The molecule has 0 aliphatic heterocycles. The molecule has 2 amide bonds. The van der Waals surface area contributed by atoms with E-state index in [4.69, 9.17) is 14.2 Å². The van der Waals surface area contributed by atoms with Crippen molar-refractivity contribution in [3.05, 3.63) is 30.0 Å². The van der Waals surface area contributed by atoms with Crippen LogP contribution < -0.4 is 10.2 Å². The highest BCUT2D eigenvalue weighted by Crippen LogP contribution is 2.39. The van der Waals surface area contributed by atoms with Crippen LogP contribution in [-0.2, 0) is 14.3 Å². The van der Waals surface area contributed by atoms with Crippen molar-refractivity contribution in [3.8, 4) is 5.75 Å². The lowest BCUT2D eigenvalue weighted by Gasteiger charge is -2.42. The fourth-order valence-electron chi connectivity index (χ4n) is 3.84. The average Bonchev–Trinajstić information content (AvgIpc) is 3.12. The smallest absolute Gasteiger partial charge is 0.430 e. The van der Waals surface area contributed by atoms with Gasteiger partial charge in [-0.25, -0.2) is 20.0 Å². The van der Waals surface area contributed by atoms with Gasteiger partial charge in [0.2, 0.25) is 0 Å². The number of carbonyl (C=O) groups is 3. The molecule has 1 heterocycles. The van der Waals surface area contributed by atoms with E-state index in [9.17, 15) is 14.4 Å². The molecule has 2 rings (SSSR count). The van der Waals surface area contributed by atoms with Crippen molar-refractivity contribution < 1.29 is 28.6 Å². The maximum absolute atomic E-state index is 13.3. The highest BCUT2D eigenvalue weighted by atomic mass is 16.6. The summed E-state index contributed by atoms with van der Waals surface area (Å²) in [6, 6.07) is 5.58. The highest BCUT2D eigenvalue weighted by Gasteiger charge is 2.46. The Hall–Kier alpha value is -3.23. The number of rotatable bonds is 6. The summed E-state index contributed by atoms with van der Waals surface area (Å²) in [6.07, 6.45) is 1.20. The molecular weight excluding hydrogens is 438 g/mol. The van der Waals surface area contributed by atoms with Crippen LogP contribution >= 0.6 is 0 Å². The summed E-state index contributed by atoms with van der Waals surface area (Å²) in [7, 11) is 1.58. The summed E-state index contributed by atoms with van der Waals surface area (Å²) in [5.41, 5.74) is 0.945. The van der Waals surface area contributed by atoms with Gasteiger partial charge in [0.15, 0.2) is 0 Å². The van der Waals surface area contributed by atoms with Crippen LogP contribution in [0.2, 0.25) is 0 Å². The Morgan fingerprint density at radius 1 is 1.09 bits per heavy atom. The lowest BCUT2D eigenvalue weighted by Crippen LogP contribution is -2.63. The molecule has 0 fully saturated rings. The number of benzene rings is 1. The Morgan fingerprint density at radius 2 is 1.71 bits per heavy atom. The number of aldehydes is 1. The molecule has 1 aromatic heterocycles. The molecule has 9 heteroatoms. The molecule has 2 N–H and O–H groups in total. The summed E-state index contributed by atoms with van der Waals surface area (Å²) in [4.78, 5) is 41.8. The first-order chi connectivity index (χ1) is 15.6. The van der Waals surface area contributed by atoms with E-state index in [2.05, 4.69) is 10.4 Å². The third-order valence-corrected chi connectivity index (χ3v) is 5.31. The molecule has 9 nitrogen and oxygen atoms in total. The predicted octanol–water partition coefficient (Wildman–Crippen LogP) is 5.30. The molecule has 188 valence electrons. The van der Waals surface area contributed by atoms with Crippen LogP contribution in [0.3, 0.4) is 0 Å². The summed E-state index contributed by atoms with van der Waals surface area (Å²) in [5.74, 6) is 0.153. The molecular formula is C25H37N3O6. The van der Waals surface area contributed by atoms with Gasteiger partial charge in [-0.3, -0.25) is 0 Å². The van der Waals surface area contributed by atoms with Crippen molar-refractivity contribution in [1.29, 1.82) is 0 Å². The van der Waals surface area contributed by atoms with Crippen LogP contribution in [0.5, 0.6) is 5.75 Å². The molecule has 0 unspecified atom stereocenters. The molecule has 34 heavy (non-hydrogen) atoms. The number of hydrogen-bond acceptors (Lipinski definition) is 6. The minimum Gasteiger partial charge on any atom is -0.497 e. The van der Waals surface area contributed by atoms with E-state index in [0.717, 1.165) is 21.5 Å². The molecule has 0 aliphatic carbocycles. The Balaban J connectivity index is 2.60. The molecule has 0 radical (unpaired) electrons. The fourth-order valence-corrected chi connectivity index (χ4v) is 3.84. The first-order valence-electron chi connectivity index (χ1n) is 11.3. The van der Waals surface area contributed by atoms with E-state index in [1.165, 1.54) is 0 Å². The number of hydrogen-bond donors (Lipinski definition) is 2. The molecule has 0 aliphatic rings. The lowest BCUT2D eigenvalue weighted by molar-refractivity contribution is -0.121. The zero-order valence-electron chi connectivity index (χ0n) is 21.6. The molecule has 2 aromatic rings. The fraction of sp³-hybridized carbons (Fsp3) is 0.560. The maximum atomic E-state index is 13.3. The lowest BCUT2D eigenvalue weighted by atomic mass is 9.79. The number of amides is 2. The molecule has 0 saturated heterocycles. The van der Waals surface area contributed by atoms with Gasteiger partial charge in [0.25, 0.3) is 0 Å². The van der Waals surface area contributed by atoms with E-state index in [0.29, 0.717) is 18.5 Å². The van der Waals surface area contributed by atoms with Crippen LogP contribution in [0, 0.1) is 0 Å². The van der Waals surface area contributed by atoms with Gasteiger partial charge < -0.3 is 24.0 Å². The van der Waals surface area contributed by atoms with E-state index in [-0.39, 0.29) is 0 Å². The van der Waals surface area contributed by atoms with Crippen LogP contribution in [0.1, 0.15) is 73.3 Å². The zero-order chi connectivity index (χ0) is 25.9. The van der Waals surface area contributed by atoms with E-state index >= 15 is 0 Å². The number of hydrazine groups is 1. The summed E-state index contributed by atoms with van der Waals surface area (Å²) in [5, 5.41) is 1.78. The minimum atomic E-state index is -1.51. The Bertz CT molecular complexity index is 1030. The van der Waals surface area contributed by atoms with Crippen LogP contribution in [0.4, 0.5) is 9.59 Å². The first-order valence-corrected chi connectivity index (χ1v) is 11.3. The largest absolute Gasteiger partial charge is 0.497 e. The van der Waals surface area contributed by atoms with Crippen molar-refractivity contribution in [3.63, 3.8) is 0 Å². The number of nitrogens with zero attached hydrogens (tertiary/aromatic N) is 1. The zero-order valence-corrected chi connectivity index (χ0v) is 21.6. The van der Waals surface area contributed by atoms with E-state index < -0.39 is 34.8 Å². The van der Waals surface area contributed by atoms with Gasteiger partial charge in [0.05, 0.1) is 7.11 Å². The number of fused-ring (bicyclic) bond motifs is 1. The van der Waals surface area contributed by atoms with Gasteiger partial charge in [-0.2, -0.15) is 0 Å². The molecule has 2 atom stereocenters. The van der Waals surface area contributed by atoms with Crippen LogP contribution in [-0.4, -0.2) is 52.3 Å². The van der Waals surface area contributed by atoms with Crippen molar-refractivity contribution in [1.82, 2.24) is 15.4 Å². The number of nitrogens with one attached hydrogen (secondary N) is 2. The van der Waals surface area contributed by atoms with Gasteiger partial charge in [-0.1, -0.05) is 6.92 Å². The van der Waals surface area contributed by atoms with E-state index in [1.54, 1.807) is 61.8 Å². The SMILES string of the molecule is CC[C@H](c1c[nH]c2ccc(OC)cc12)[C@@](C)(C=O)N(NC(=O)OC(C)(C)C)C(=O)OC(C)(C)C. The normalized spacial score (nSPS) is 14.6. The second-order valence-electron chi connectivity index (χ2n) is 10.4. The predicted molar refractivity (Wildman–Crippen MR) is 130 cm³/mol. The van der Waals surface area contributed by atoms with Gasteiger partial charge in [-0.05, 0) is 78.6 Å². The van der Waals surface area contributed by atoms with Crippen molar-refractivity contribution in [2.45, 2.75) is 84.5 Å². The van der Waals surface area contributed by atoms with Crippen LogP contribution in [0.15, 0.2) is 24.4 Å². The summed E-state index contributed by atoms with van der Waals surface area (Å²) < 4.78 is 16.3. The monoisotopic (exact) mass is 475 g/mol. The molecule has 0 spiro atoms. The molecule has 0 bridgehead atoms. The number of aromatic amines is 1. The van der Waals surface area contributed by atoms with Gasteiger partial charge in [-0.15, -0.1) is 0 Å². The minimum absolute atomic E-state index is 0.481. The van der Waals surface area contributed by atoms with Gasteiger partial charge in [0, 0.05) is 23.0 Å².